The molecule has 1 amide bonds. The fraction of sp³-hybridized carbons (Fsp3) is 0.0667. The van der Waals surface area contributed by atoms with Crippen LogP contribution in [-0.2, 0) is 0 Å². The summed E-state index contributed by atoms with van der Waals surface area (Å²) in [6.07, 6.45) is 0. The number of anilines is 1. The average Bonchev–Trinajstić information content (AvgIpc) is 2.43. The zero-order valence-corrected chi connectivity index (χ0v) is 12.6. The van der Waals surface area contributed by atoms with Crippen LogP contribution in [0, 0.1) is 6.92 Å². The molecule has 0 bridgehead atoms. The summed E-state index contributed by atoms with van der Waals surface area (Å²) >= 11 is 3.24. The van der Waals surface area contributed by atoms with Gasteiger partial charge in [0.15, 0.2) is 0 Å². The van der Waals surface area contributed by atoms with Crippen molar-refractivity contribution in [3.8, 4) is 5.75 Å². The Hall–Kier alpha value is -2.34. The van der Waals surface area contributed by atoms with E-state index in [1.165, 1.54) is 24.3 Å². The third-order valence-corrected chi connectivity index (χ3v) is 3.55. The first-order chi connectivity index (χ1) is 9.88. The lowest BCUT2D eigenvalue weighted by molar-refractivity contribution is 0.0696. The Morgan fingerprint density at radius 2 is 1.86 bits per heavy atom. The van der Waals surface area contributed by atoms with Crippen LogP contribution in [0.4, 0.5) is 5.69 Å². The van der Waals surface area contributed by atoms with Gasteiger partial charge in [-0.25, -0.2) is 4.79 Å². The molecule has 0 atom stereocenters. The molecular weight excluding hydrogens is 338 g/mol. The van der Waals surface area contributed by atoms with E-state index in [4.69, 9.17) is 5.11 Å². The monoisotopic (exact) mass is 349 g/mol. The van der Waals surface area contributed by atoms with E-state index in [1.54, 1.807) is 19.1 Å². The lowest BCUT2D eigenvalue weighted by Gasteiger charge is -2.10. The lowest BCUT2D eigenvalue weighted by Crippen LogP contribution is -2.13. The number of nitrogens with one attached hydrogen (secondary N) is 1. The number of hydrogen-bond acceptors (Lipinski definition) is 3. The molecule has 108 valence electrons. The Bertz CT molecular complexity index is 728. The summed E-state index contributed by atoms with van der Waals surface area (Å²) in [5.41, 5.74) is 1.33. The van der Waals surface area contributed by atoms with Crippen molar-refractivity contribution in [1.29, 1.82) is 0 Å². The van der Waals surface area contributed by atoms with E-state index in [-0.39, 0.29) is 16.9 Å². The molecule has 5 nitrogen and oxygen atoms in total. The molecule has 0 aromatic heterocycles. The number of carbonyl (C=O) groups is 2. The second kappa shape index (κ2) is 5.97. The van der Waals surface area contributed by atoms with E-state index in [9.17, 15) is 14.7 Å². The second-order valence-electron chi connectivity index (χ2n) is 4.47. The molecule has 0 heterocycles. The number of benzene rings is 2. The normalized spacial score (nSPS) is 10.2. The van der Waals surface area contributed by atoms with E-state index in [0.29, 0.717) is 10.2 Å². The van der Waals surface area contributed by atoms with Crippen LogP contribution >= 0.6 is 15.9 Å². The third-order valence-electron chi connectivity index (χ3n) is 2.86. The van der Waals surface area contributed by atoms with Gasteiger partial charge in [-0.05, 0) is 53.2 Å². The molecule has 0 aliphatic rings. The third kappa shape index (κ3) is 3.41. The molecule has 3 N–H and O–H groups in total. The number of rotatable bonds is 3. The standard InChI is InChI=1S/C15H12BrNO4/c1-8-2-5-13(18)10(6-8)14(19)17-12-7-9(15(20)21)3-4-11(12)16/h2-7,18H,1H3,(H,17,19)(H,20,21). The molecule has 0 aliphatic carbocycles. The first kappa shape index (κ1) is 15.1. The van der Waals surface area contributed by atoms with Crippen molar-refractivity contribution in [3.63, 3.8) is 0 Å². The highest BCUT2D eigenvalue weighted by molar-refractivity contribution is 9.10. The Balaban J connectivity index is 2.33. The number of aromatic hydroxyl groups is 1. The van der Waals surface area contributed by atoms with Crippen molar-refractivity contribution < 1.29 is 19.8 Å². The quantitative estimate of drug-likeness (QED) is 0.792. The minimum atomic E-state index is -1.09. The number of halogens is 1. The number of amides is 1. The highest BCUT2D eigenvalue weighted by Gasteiger charge is 2.14. The van der Waals surface area contributed by atoms with Gasteiger partial charge in [-0.3, -0.25) is 4.79 Å². The Labute approximate surface area is 129 Å². The van der Waals surface area contributed by atoms with Crippen LogP contribution in [-0.4, -0.2) is 22.1 Å². The van der Waals surface area contributed by atoms with Crippen molar-refractivity contribution in [2.75, 3.05) is 5.32 Å². The summed E-state index contributed by atoms with van der Waals surface area (Å²) in [6.45, 7) is 1.80. The van der Waals surface area contributed by atoms with Crippen LogP contribution in [0.3, 0.4) is 0 Å². The van der Waals surface area contributed by atoms with Gasteiger partial charge in [0.25, 0.3) is 5.91 Å². The van der Waals surface area contributed by atoms with E-state index >= 15 is 0 Å². The van der Waals surface area contributed by atoms with Crippen LogP contribution in [0.15, 0.2) is 40.9 Å². The minimum Gasteiger partial charge on any atom is -0.507 e. The highest BCUT2D eigenvalue weighted by Crippen LogP contribution is 2.26. The van der Waals surface area contributed by atoms with E-state index in [0.717, 1.165) is 5.56 Å². The molecule has 6 heteroatoms. The van der Waals surface area contributed by atoms with Crippen molar-refractivity contribution in [2.24, 2.45) is 0 Å². The maximum atomic E-state index is 12.2. The average molecular weight is 350 g/mol. The van der Waals surface area contributed by atoms with E-state index in [2.05, 4.69) is 21.2 Å². The van der Waals surface area contributed by atoms with Crippen LogP contribution in [0.5, 0.6) is 5.75 Å². The predicted octanol–water partition coefficient (Wildman–Crippen LogP) is 3.41. The lowest BCUT2D eigenvalue weighted by atomic mass is 10.1. The molecule has 0 spiro atoms. The predicted molar refractivity (Wildman–Crippen MR) is 81.9 cm³/mol. The van der Waals surface area contributed by atoms with Crippen molar-refractivity contribution in [3.05, 3.63) is 57.6 Å². The zero-order valence-electron chi connectivity index (χ0n) is 11.1. The van der Waals surface area contributed by atoms with Crippen LogP contribution in [0.1, 0.15) is 26.3 Å². The molecule has 0 radical (unpaired) electrons. The Morgan fingerprint density at radius 1 is 1.14 bits per heavy atom. The van der Waals surface area contributed by atoms with Crippen molar-refractivity contribution in [1.82, 2.24) is 0 Å². The highest BCUT2D eigenvalue weighted by atomic mass is 79.9. The molecule has 0 aliphatic heterocycles. The largest absolute Gasteiger partial charge is 0.507 e. The van der Waals surface area contributed by atoms with Crippen LogP contribution < -0.4 is 5.32 Å². The first-order valence-electron chi connectivity index (χ1n) is 6.02. The maximum absolute atomic E-state index is 12.2. The van der Waals surface area contributed by atoms with Crippen molar-refractivity contribution in [2.45, 2.75) is 6.92 Å². The van der Waals surface area contributed by atoms with Gasteiger partial charge in [0.1, 0.15) is 5.75 Å². The summed E-state index contributed by atoms with van der Waals surface area (Å²) in [5.74, 6) is -1.74. The van der Waals surface area contributed by atoms with Gasteiger partial charge < -0.3 is 15.5 Å². The SMILES string of the molecule is Cc1ccc(O)c(C(=O)Nc2cc(C(=O)O)ccc2Br)c1. The van der Waals surface area contributed by atoms with Gasteiger partial charge in [0.2, 0.25) is 0 Å². The van der Waals surface area contributed by atoms with Gasteiger partial charge in [0, 0.05) is 4.47 Å². The van der Waals surface area contributed by atoms with Gasteiger partial charge in [-0.1, -0.05) is 11.6 Å². The molecule has 2 aromatic carbocycles. The first-order valence-corrected chi connectivity index (χ1v) is 6.81. The molecule has 0 unspecified atom stereocenters. The number of carboxylic acids is 1. The fourth-order valence-electron chi connectivity index (χ4n) is 1.78. The van der Waals surface area contributed by atoms with E-state index in [1.807, 2.05) is 0 Å². The smallest absolute Gasteiger partial charge is 0.335 e. The molecule has 2 rings (SSSR count). The Kier molecular flexibility index (Phi) is 4.28. The molecule has 0 fully saturated rings. The number of carboxylic acid groups (broad SMARTS) is 1. The van der Waals surface area contributed by atoms with Gasteiger partial charge in [-0.15, -0.1) is 0 Å². The van der Waals surface area contributed by atoms with Crippen molar-refractivity contribution >= 4 is 33.5 Å². The Morgan fingerprint density at radius 3 is 2.52 bits per heavy atom. The number of phenols is 1. The van der Waals surface area contributed by atoms with Gasteiger partial charge in [0.05, 0.1) is 16.8 Å². The summed E-state index contributed by atoms with van der Waals surface area (Å²) in [5, 5.41) is 21.3. The van der Waals surface area contributed by atoms with Gasteiger partial charge in [-0.2, -0.15) is 0 Å². The van der Waals surface area contributed by atoms with Crippen LogP contribution in [0.2, 0.25) is 0 Å². The molecule has 21 heavy (non-hydrogen) atoms. The van der Waals surface area contributed by atoms with Gasteiger partial charge >= 0.3 is 5.97 Å². The number of aryl methyl sites for hydroxylation is 1. The number of aromatic carboxylic acids is 1. The fourth-order valence-corrected chi connectivity index (χ4v) is 2.12. The summed E-state index contributed by atoms with van der Waals surface area (Å²) < 4.78 is 0.549. The second-order valence-corrected chi connectivity index (χ2v) is 5.33. The minimum absolute atomic E-state index is 0.0574. The van der Waals surface area contributed by atoms with Crippen LogP contribution in [0.25, 0.3) is 0 Å². The molecule has 0 saturated heterocycles. The summed E-state index contributed by atoms with van der Waals surface area (Å²) in [6, 6.07) is 8.98. The molecule has 0 saturated carbocycles. The summed E-state index contributed by atoms with van der Waals surface area (Å²) in [7, 11) is 0. The number of hydrogen-bond donors (Lipinski definition) is 3. The number of carbonyl (C=O) groups excluding carboxylic acids is 1. The van der Waals surface area contributed by atoms with E-state index < -0.39 is 11.9 Å². The topological polar surface area (TPSA) is 86.6 Å². The molecule has 2 aromatic rings. The number of phenolic OH excluding ortho intramolecular Hbond substituents is 1. The summed E-state index contributed by atoms with van der Waals surface area (Å²) in [4.78, 5) is 23.1. The maximum Gasteiger partial charge on any atom is 0.335 e. The zero-order chi connectivity index (χ0) is 15.6. The molecular formula is C15H12BrNO4.